The highest BCUT2D eigenvalue weighted by Crippen LogP contribution is 2.45. The van der Waals surface area contributed by atoms with Crippen LogP contribution in [-0.2, 0) is 0 Å². The molecule has 0 N–H and O–H groups in total. The van der Waals surface area contributed by atoms with Gasteiger partial charge in [-0.15, -0.1) is 0 Å². The Balaban J connectivity index is 2.14. The van der Waals surface area contributed by atoms with E-state index in [1.807, 2.05) is 0 Å². The number of hydrogen-bond donors (Lipinski definition) is 0. The molecule has 0 bridgehead atoms. The Kier molecular flexibility index (Phi) is 0.543. The third-order valence-electron chi connectivity index (χ3n) is 1.91. The zero-order valence-electron chi connectivity index (χ0n) is 4.30. The van der Waals surface area contributed by atoms with Crippen LogP contribution in [0.25, 0.3) is 0 Å². The second-order valence-electron chi connectivity index (χ2n) is 2.52. The van der Waals surface area contributed by atoms with Crippen LogP contribution in [0.4, 0.5) is 0 Å². The molecule has 2 atom stereocenters. The van der Waals surface area contributed by atoms with Crippen LogP contribution in [0.15, 0.2) is 12.2 Å². The lowest BCUT2D eigenvalue weighted by molar-refractivity contribution is 0.762. The summed E-state index contributed by atoms with van der Waals surface area (Å²) in [6.07, 6.45) is 9.62. The maximum absolute atomic E-state index is 2.33. The van der Waals surface area contributed by atoms with E-state index in [-0.39, 0.29) is 0 Å². The summed E-state index contributed by atoms with van der Waals surface area (Å²) in [6.45, 7) is 0. The zero-order valence-corrected chi connectivity index (χ0v) is 4.30. The van der Waals surface area contributed by atoms with Gasteiger partial charge in [-0.3, -0.25) is 0 Å². The number of allylic oxidation sites excluding steroid dienone is 2. The van der Waals surface area contributed by atoms with Crippen LogP contribution in [0.5, 0.6) is 0 Å². The van der Waals surface area contributed by atoms with Crippen molar-refractivity contribution in [2.75, 3.05) is 0 Å². The van der Waals surface area contributed by atoms with Crippen molar-refractivity contribution in [2.45, 2.75) is 12.8 Å². The Morgan fingerprint density at radius 2 is 2.57 bits per heavy atom. The summed E-state index contributed by atoms with van der Waals surface area (Å²) in [7, 11) is 0. The summed E-state index contributed by atoms with van der Waals surface area (Å²) in [5.41, 5.74) is 0. The molecule has 36 valence electrons. The molecule has 0 aromatic carbocycles. The van der Waals surface area contributed by atoms with Crippen molar-refractivity contribution in [1.82, 2.24) is 0 Å². The summed E-state index contributed by atoms with van der Waals surface area (Å²) >= 11 is 0. The molecule has 0 nitrogen and oxygen atoms in total. The predicted octanol–water partition coefficient (Wildman–Crippen LogP) is 1.79. The van der Waals surface area contributed by atoms with Crippen LogP contribution in [0.2, 0.25) is 0 Å². The van der Waals surface area contributed by atoms with Gasteiger partial charge in [-0.05, 0) is 6.42 Å². The quantitative estimate of drug-likeness (QED) is 0.400. The number of rotatable bonds is 0. The molecule has 7 heavy (non-hydrogen) atoms. The Morgan fingerprint density at radius 3 is 3.14 bits per heavy atom. The summed E-state index contributed by atoms with van der Waals surface area (Å²) in [6, 6.07) is 0. The molecule has 0 heteroatoms. The van der Waals surface area contributed by atoms with Crippen molar-refractivity contribution in [2.24, 2.45) is 11.8 Å². The monoisotopic (exact) mass is 93.1 g/mol. The Bertz CT molecular complexity index is 103. The van der Waals surface area contributed by atoms with Gasteiger partial charge in [0.15, 0.2) is 0 Å². The van der Waals surface area contributed by atoms with Crippen molar-refractivity contribution >= 4 is 0 Å². The Labute approximate surface area is 44.2 Å². The Morgan fingerprint density at radius 1 is 1.57 bits per heavy atom. The lowest BCUT2D eigenvalue weighted by Gasteiger charge is -1.88. The van der Waals surface area contributed by atoms with Crippen molar-refractivity contribution < 1.29 is 0 Å². The molecule has 2 aliphatic rings. The SMILES string of the molecule is C1=CC2CC2C[CH+]1. The van der Waals surface area contributed by atoms with Gasteiger partial charge in [0, 0.05) is 30.8 Å². The first-order valence-corrected chi connectivity index (χ1v) is 2.97. The first-order chi connectivity index (χ1) is 3.47. The van der Waals surface area contributed by atoms with Crippen LogP contribution in [0.3, 0.4) is 0 Å². The zero-order chi connectivity index (χ0) is 4.69. The second-order valence-corrected chi connectivity index (χ2v) is 2.52. The second kappa shape index (κ2) is 1.06. The van der Waals surface area contributed by atoms with Crippen molar-refractivity contribution in [3.63, 3.8) is 0 Å². The van der Waals surface area contributed by atoms with Crippen LogP contribution in [-0.4, -0.2) is 0 Å². The molecule has 0 heterocycles. The van der Waals surface area contributed by atoms with E-state index in [2.05, 4.69) is 18.6 Å². The molecule has 0 aromatic heterocycles. The molecule has 0 amide bonds. The minimum absolute atomic E-state index is 0.991. The fraction of sp³-hybridized carbons (Fsp3) is 0.571. The van der Waals surface area contributed by atoms with E-state index < -0.39 is 0 Å². The fourth-order valence-electron chi connectivity index (χ4n) is 1.25. The molecule has 0 aromatic rings. The lowest BCUT2D eigenvalue weighted by Crippen LogP contribution is -1.84. The Hall–Kier alpha value is -0.390. The molecule has 1 saturated carbocycles. The van der Waals surface area contributed by atoms with Gasteiger partial charge in [-0.25, -0.2) is 0 Å². The van der Waals surface area contributed by atoms with Gasteiger partial charge in [0.1, 0.15) is 0 Å². The van der Waals surface area contributed by atoms with E-state index in [0.717, 1.165) is 11.8 Å². The molecule has 0 radical (unpaired) electrons. The average Bonchev–Trinajstić information content (AvgIpc) is 2.41. The standard InChI is InChI=1S/C7H9/c1-2-4-7-5-6(7)3-1/h1-3,6-7H,4-5H2/q+1. The van der Waals surface area contributed by atoms with Crippen LogP contribution in [0, 0.1) is 18.3 Å². The van der Waals surface area contributed by atoms with Gasteiger partial charge in [0.25, 0.3) is 0 Å². The molecule has 0 saturated heterocycles. The number of hydrogen-bond acceptors (Lipinski definition) is 0. The predicted molar refractivity (Wildman–Crippen MR) is 29.7 cm³/mol. The van der Waals surface area contributed by atoms with Crippen molar-refractivity contribution in [1.29, 1.82) is 0 Å². The van der Waals surface area contributed by atoms with Gasteiger partial charge in [-0.1, -0.05) is 0 Å². The van der Waals surface area contributed by atoms with Crippen LogP contribution >= 0.6 is 0 Å². The van der Waals surface area contributed by atoms with Gasteiger partial charge >= 0.3 is 0 Å². The summed E-state index contributed by atoms with van der Waals surface area (Å²) < 4.78 is 0. The smallest absolute Gasteiger partial charge is 0.0215 e. The molecule has 0 spiro atoms. The summed E-state index contributed by atoms with van der Waals surface area (Å²) in [4.78, 5) is 0. The van der Waals surface area contributed by atoms with E-state index in [9.17, 15) is 0 Å². The lowest BCUT2D eigenvalue weighted by atomic mass is 10.1. The van der Waals surface area contributed by atoms with Crippen molar-refractivity contribution in [3.05, 3.63) is 18.6 Å². The van der Waals surface area contributed by atoms with E-state index in [1.54, 1.807) is 0 Å². The summed E-state index contributed by atoms with van der Waals surface area (Å²) in [5, 5.41) is 0. The van der Waals surface area contributed by atoms with Gasteiger partial charge in [0.05, 0.1) is 6.08 Å². The normalized spacial score (nSPS) is 44.6. The van der Waals surface area contributed by atoms with Gasteiger partial charge in [0.2, 0.25) is 0 Å². The first kappa shape index (κ1) is 3.59. The molecular formula is C7H9+. The van der Waals surface area contributed by atoms with Crippen LogP contribution < -0.4 is 0 Å². The largest absolute Gasteiger partial charge is 0.0896 e. The minimum Gasteiger partial charge on any atom is -0.0215 e. The highest BCUT2D eigenvalue weighted by Gasteiger charge is 2.41. The molecule has 1 fully saturated rings. The third kappa shape index (κ3) is 0.460. The molecular weight excluding hydrogens is 84.1 g/mol. The molecule has 0 aliphatic heterocycles. The fourth-order valence-corrected chi connectivity index (χ4v) is 1.25. The first-order valence-electron chi connectivity index (χ1n) is 2.97. The van der Waals surface area contributed by atoms with Crippen LogP contribution in [0.1, 0.15) is 12.8 Å². The molecule has 2 unspecified atom stereocenters. The van der Waals surface area contributed by atoms with E-state index in [1.165, 1.54) is 12.8 Å². The van der Waals surface area contributed by atoms with Gasteiger partial charge in [-0.2, -0.15) is 0 Å². The highest BCUT2D eigenvalue weighted by molar-refractivity contribution is 5.13. The molecule has 2 aliphatic carbocycles. The maximum Gasteiger partial charge on any atom is 0.0896 e. The average molecular weight is 93.1 g/mol. The summed E-state index contributed by atoms with van der Waals surface area (Å²) in [5.74, 6) is 2.05. The topological polar surface area (TPSA) is 0 Å². The minimum atomic E-state index is 0.991. The van der Waals surface area contributed by atoms with E-state index in [0.29, 0.717) is 0 Å². The van der Waals surface area contributed by atoms with E-state index in [4.69, 9.17) is 0 Å². The van der Waals surface area contributed by atoms with E-state index >= 15 is 0 Å². The van der Waals surface area contributed by atoms with Crippen molar-refractivity contribution in [3.8, 4) is 0 Å². The van der Waals surface area contributed by atoms with Gasteiger partial charge < -0.3 is 0 Å². The highest BCUT2D eigenvalue weighted by atomic mass is 14.4. The number of fused-ring (bicyclic) bond motifs is 1. The third-order valence-corrected chi connectivity index (χ3v) is 1.91. The maximum atomic E-state index is 2.33. The molecule has 2 rings (SSSR count).